The zero-order valence-electron chi connectivity index (χ0n) is 10.2. The van der Waals surface area contributed by atoms with Crippen LogP contribution >= 0.6 is 11.6 Å². The molecule has 0 fully saturated rings. The number of alkyl halides is 1. The number of rotatable bonds is 1. The molecular formula is C13H16ClNO2. The third-order valence-electron chi connectivity index (χ3n) is 3.02. The highest BCUT2D eigenvalue weighted by Gasteiger charge is 2.38. The molecule has 0 bridgehead atoms. The Labute approximate surface area is 106 Å². The molecule has 1 aliphatic heterocycles. The molecule has 17 heavy (non-hydrogen) atoms. The predicted octanol–water partition coefficient (Wildman–Crippen LogP) is 2.87. The molecule has 1 atom stereocenters. The first-order chi connectivity index (χ1) is 7.97. The number of ether oxygens (including phenoxy) is 1. The van der Waals surface area contributed by atoms with E-state index in [0.29, 0.717) is 0 Å². The summed E-state index contributed by atoms with van der Waals surface area (Å²) in [4.78, 5) is 13.5. The lowest BCUT2D eigenvalue weighted by Crippen LogP contribution is -2.49. The van der Waals surface area contributed by atoms with E-state index in [1.165, 1.54) is 0 Å². The van der Waals surface area contributed by atoms with Crippen molar-refractivity contribution in [1.29, 1.82) is 0 Å². The Morgan fingerprint density at radius 1 is 1.47 bits per heavy atom. The quantitative estimate of drug-likeness (QED) is 0.721. The van der Waals surface area contributed by atoms with Gasteiger partial charge in [-0.1, -0.05) is 18.2 Å². The zero-order chi connectivity index (χ0) is 12.6. The van der Waals surface area contributed by atoms with Crippen molar-refractivity contribution in [3.63, 3.8) is 0 Å². The third kappa shape index (κ3) is 2.05. The Hall–Kier alpha value is -1.06. The molecule has 3 nitrogen and oxygen atoms in total. The maximum Gasteiger partial charge on any atom is 0.244 e. The van der Waals surface area contributed by atoms with Crippen LogP contribution in [0.4, 0.5) is 5.69 Å². The molecule has 0 spiro atoms. The second kappa shape index (κ2) is 4.31. The Morgan fingerprint density at radius 3 is 2.76 bits per heavy atom. The van der Waals surface area contributed by atoms with E-state index in [1.807, 2.05) is 45.0 Å². The third-order valence-corrected chi connectivity index (χ3v) is 3.25. The maximum absolute atomic E-state index is 11.9. The molecule has 1 aliphatic rings. The lowest BCUT2D eigenvalue weighted by molar-refractivity contribution is -0.125. The molecule has 1 aromatic carbocycles. The molecule has 0 aromatic heterocycles. The van der Waals surface area contributed by atoms with Crippen LogP contribution in [0.5, 0.6) is 0 Å². The summed E-state index contributed by atoms with van der Waals surface area (Å²) in [5.74, 6) is -0.176. The van der Waals surface area contributed by atoms with Crippen molar-refractivity contribution >= 4 is 23.2 Å². The molecular weight excluding hydrogens is 238 g/mol. The van der Waals surface area contributed by atoms with Crippen molar-refractivity contribution in [3.8, 4) is 0 Å². The standard InChI is InChI=1S/C13H16ClNO2/c1-9-15(12(16)8-14)11-7-5-4-6-10(11)13(2,3)17-9/h4-7,9H,8H2,1-3H3. The van der Waals surface area contributed by atoms with Crippen molar-refractivity contribution in [2.24, 2.45) is 0 Å². The van der Waals surface area contributed by atoms with Crippen LogP contribution in [-0.4, -0.2) is 18.0 Å². The first-order valence-electron chi connectivity index (χ1n) is 5.62. The smallest absolute Gasteiger partial charge is 0.244 e. The van der Waals surface area contributed by atoms with Crippen molar-refractivity contribution < 1.29 is 9.53 Å². The summed E-state index contributed by atoms with van der Waals surface area (Å²) < 4.78 is 5.88. The summed E-state index contributed by atoms with van der Waals surface area (Å²) in [6.07, 6.45) is -0.300. The molecule has 1 aromatic rings. The lowest BCUT2D eigenvalue weighted by Gasteiger charge is -2.43. The monoisotopic (exact) mass is 253 g/mol. The van der Waals surface area contributed by atoms with E-state index in [4.69, 9.17) is 16.3 Å². The highest BCUT2D eigenvalue weighted by molar-refractivity contribution is 6.29. The van der Waals surface area contributed by atoms with Crippen molar-refractivity contribution in [2.75, 3.05) is 10.8 Å². The molecule has 0 saturated carbocycles. The molecule has 0 aliphatic carbocycles. The largest absolute Gasteiger partial charge is 0.348 e. The van der Waals surface area contributed by atoms with Gasteiger partial charge in [0.15, 0.2) is 0 Å². The van der Waals surface area contributed by atoms with Crippen molar-refractivity contribution in [2.45, 2.75) is 32.6 Å². The van der Waals surface area contributed by atoms with Gasteiger partial charge in [-0.3, -0.25) is 9.69 Å². The number of hydrogen-bond acceptors (Lipinski definition) is 2. The van der Waals surface area contributed by atoms with Crippen LogP contribution < -0.4 is 4.90 Å². The molecule has 0 saturated heterocycles. The molecule has 1 amide bonds. The van der Waals surface area contributed by atoms with E-state index in [9.17, 15) is 4.79 Å². The van der Waals surface area contributed by atoms with Gasteiger partial charge in [0.05, 0.1) is 11.3 Å². The number of fused-ring (bicyclic) bond motifs is 1. The number of carbonyl (C=O) groups is 1. The number of amides is 1. The Morgan fingerprint density at radius 2 is 2.12 bits per heavy atom. The molecule has 1 unspecified atom stereocenters. The van der Waals surface area contributed by atoms with Gasteiger partial charge in [0.2, 0.25) is 5.91 Å². The van der Waals surface area contributed by atoms with Gasteiger partial charge in [0.1, 0.15) is 12.1 Å². The number of para-hydroxylation sites is 1. The van der Waals surface area contributed by atoms with Crippen LogP contribution in [-0.2, 0) is 15.1 Å². The second-order valence-corrected chi connectivity index (χ2v) is 4.91. The van der Waals surface area contributed by atoms with E-state index in [2.05, 4.69) is 0 Å². The fourth-order valence-electron chi connectivity index (χ4n) is 2.33. The van der Waals surface area contributed by atoms with E-state index < -0.39 is 0 Å². The Bertz CT molecular complexity index is 445. The summed E-state index contributed by atoms with van der Waals surface area (Å²) >= 11 is 5.64. The van der Waals surface area contributed by atoms with Crippen LogP contribution in [0.3, 0.4) is 0 Å². The van der Waals surface area contributed by atoms with Gasteiger partial charge in [0.25, 0.3) is 0 Å². The summed E-state index contributed by atoms with van der Waals surface area (Å²) in [6, 6.07) is 7.78. The van der Waals surface area contributed by atoms with Gasteiger partial charge >= 0.3 is 0 Å². The summed E-state index contributed by atoms with van der Waals surface area (Å²) in [5.41, 5.74) is 1.51. The first kappa shape index (κ1) is 12.4. The van der Waals surface area contributed by atoms with Crippen LogP contribution in [0, 0.1) is 0 Å². The maximum atomic E-state index is 11.9. The number of halogens is 1. The van der Waals surface area contributed by atoms with E-state index in [0.717, 1.165) is 11.3 Å². The zero-order valence-corrected chi connectivity index (χ0v) is 11.0. The molecule has 1 heterocycles. The highest BCUT2D eigenvalue weighted by Crippen LogP contribution is 2.40. The number of benzene rings is 1. The van der Waals surface area contributed by atoms with Crippen LogP contribution in [0.15, 0.2) is 24.3 Å². The number of anilines is 1. The summed E-state index contributed by atoms with van der Waals surface area (Å²) in [5, 5.41) is 0. The Kier molecular flexibility index (Phi) is 3.15. The molecule has 0 radical (unpaired) electrons. The lowest BCUT2D eigenvalue weighted by atomic mass is 9.93. The van der Waals surface area contributed by atoms with Crippen molar-refractivity contribution in [1.82, 2.24) is 0 Å². The predicted molar refractivity (Wildman–Crippen MR) is 68.2 cm³/mol. The summed E-state index contributed by atoms with van der Waals surface area (Å²) in [6.45, 7) is 5.87. The summed E-state index contributed by atoms with van der Waals surface area (Å²) in [7, 11) is 0. The van der Waals surface area contributed by atoms with Gasteiger partial charge in [-0.25, -0.2) is 0 Å². The molecule has 0 N–H and O–H groups in total. The van der Waals surface area contributed by atoms with Gasteiger partial charge in [0, 0.05) is 5.56 Å². The highest BCUT2D eigenvalue weighted by atomic mass is 35.5. The average molecular weight is 254 g/mol. The van der Waals surface area contributed by atoms with E-state index in [1.54, 1.807) is 4.90 Å². The van der Waals surface area contributed by atoms with Gasteiger partial charge < -0.3 is 4.74 Å². The van der Waals surface area contributed by atoms with E-state index in [-0.39, 0.29) is 23.6 Å². The van der Waals surface area contributed by atoms with Gasteiger partial charge in [-0.15, -0.1) is 11.6 Å². The number of hydrogen-bond donors (Lipinski definition) is 0. The molecule has 92 valence electrons. The molecule has 2 rings (SSSR count). The molecule has 4 heteroatoms. The Balaban J connectivity index is 2.54. The van der Waals surface area contributed by atoms with Crippen LogP contribution in [0.2, 0.25) is 0 Å². The van der Waals surface area contributed by atoms with Crippen LogP contribution in [0.1, 0.15) is 26.3 Å². The minimum Gasteiger partial charge on any atom is -0.348 e. The normalized spacial score (nSPS) is 22.1. The number of nitrogens with zero attached hydrogens (tertiary/aromatic N) is 1. The minimum atomic E-state index is -0.390. The SMILES string of the molecule is CC1OC(C)(C)c2ccccc2N1C(=O)CCl. The number of carbonyl (C=O) groups excluding carboxylic acids is 1. The van der Waals surface area contributed by atoms with Crippen molar-refractivity contribution in [3.05, 3.63) is 29.8 Å². The van der Waals surface area contributed by atoms with E-state index >= 15 is 0 Å². The van der Waals surface area contributed by atoms with Crippen LogP contribution in [0.25, 0.3) is 0 Å². The fraction of sp³-hybridized carbons (Fsp3) is 0.462. The first-order valence-corrected chi connectivity index (χ1v) is 6.16. The fourth-order valence-corrected chi connectivity index (χ4v) is 2.46. The topological polar surface area (TPSA) is 29.5 Å². The average Bonchev–Trinajstić information content (AvgIpc) is 2.28. The minimum absolute atomic E-state index is 0.0392. The van der Waals surface area contributed by atoms with Gasteiger partial charge in [-0.2, -0.15) is 0 Å². The second-order valence-electron chi connectivity index (χ2n) is 4.64. The van der Waals surface area contributed by atoms with Gasteiger partial charge in [-0.05, 0) is 26.8 Å².